The summed E-state index contributed by atoms with van der Waals surface area (Å²) in [4.78, 5) is 15.1. The Hall–Kier alpha value is -3.40. The molecule has 33 heavy (non-hydrogen) atoms. The molecule has 1 aliphatic rings. The molecule has 0 saturated carbocycles. The zero-order valence-corrected chi connectivity index (χ0v) is 18.7. The molecule has 6 heteroatoms. The zero-order valence-electron chi connectivity index (χ0n) is 18.7. The fourth-order valence-electron chi connectivity index (χ4n) is 4.81. The third-order valence-electron chi connectivity index (χ3n) is 6.58. The van der Waals surface area contributed by atoms with Crippen molar-refractivity contribution in [2.75, 3.05) is 40.0 Å². The second kappa shape index (κ2) is 10.0. The number of nitrogens with zero attached hydrogens (tertiary/aromatic N) is 2. The van der Waals surface area contributed by atoms with Crippen LogP contribution in [0.15, 0.2) is 66.7 Å². The van der Waals surface area contributed by atoms with Gasteiger partial charge < -0.3 is 14.6 Å². The highest BCUT2D eigenvalue weighted by molar-refractivity contribution is 5.89. The van der Waals surface area contributed by atoms with Crippen molar-refractivity contribution in [3.63, 3.8) is 0 Å². The topological polar surface area (TPSA) is 82.8 Å². The predicted octanol–water partition coefficient (Wildman–Crippen LogP) is 4.30. The fraction of sp³-hybridized carbons (Fsp3) is 0.333. The molecule has 0 spiro atoms. The Kier molecular flexibility index (Phi) is 6.93. The predicted molar refractivity (Wildman–Crippen MR) is 126 cm³/mol. The number of morpholine rings is 1. The van der Waals surface area contributed by atoms with E-state index in [9.17, 15) is 15.2 Å². The highest BCUT2D eigenvalue weighted by Gasteiger charge is 2.49. The van der Waals surface area contributed by atoms with Gasteiger partial charge in [0.15, 0.2) is 5.41 Å². The lowest BCUT2D eigenvalue weighted by atomic mass is 9.66. The fourth-order valence-corrected chi connectivity index (χ4v) is 4.81. The highest BCUT2D eigenvalue weighted by Crippen LogP contribution is 2.48. The molecule has 1 fully saturated rings. The van der Waals surface area contributed by atoms with Crippen LogP contribution >= 0.6 is 0 Å². The normalized spacial score (nSPS) is 17.1. The molecule has 2 atom stereocenters. The molecule has 0 unspecified atom stereocenters. The van der Waals surface area contributed by atoms with Crippen LogP contribution in [0.4, 0.5) is 0 Å². The first-order chi connectivity index (χ1) is 16.1. The molecule has 1 heterocycles. The molecule has 0 aromatic heterocycles. The largest absolute Gasteiger partial charge is 0.496 e. The number of carboxylic acid groups (broad SMARTS) is 1. The van der Waals surface area contributed by atoms with Gasteiger partial charge in [0.25, 0.3) is 0 Å². The first-order valence-electron chi connectivity index (χ1n) is 11.2. The average Bonchev–Trinajstić information content (AvgIpc) is 2.87. The first kappa shape index (κ1) is 22.8. The van der Waals surface area contributed by atoms with Gasteiger partial charge in [0.2, 0.25) is 0 Å². The summed E-state index contributed by atoms with van der Waals surface area (Å²) in [5.41, 5.74) is -0.178. The molecule has 1 N–H and O–H groups in total. The van der Waals surface area contributed by atoms with Crippen molar-refractivity contribution in [3.8, 4) is 11.8 Å². The minimum Gasteiger partial charge on any atom is -0.496 e. The molecule has 1 saturated heterocycles. The van der Waals surface area contributed by atoms with Gasteiger partial charge in [-0.2, -0.15) is 5.26 Å². The summed E-state index contributed by atoms with van der Waals surface area (Å²) in [6.45, 7) is 3.20. The van der Waals surface area contributed by atoms with Crippen molar-refractivity contribution in [2.45, 2.75) is 12.3 Å². The van der Waals surface area contributed by atoms with Crippen LogP contribution < -0.4 is 4.74 Å². The molecule has 0 aliphatic carbocycles. The van der Waals surface area contributed by atoms with Crippen LogP contribution in [0, 0.1) is 16.7 Å². The van der Waals surface area contributed by atoms with E-state index >= 15 is 0 Å². The Morgan fingerprint density at radius 1 is 1.09 bits per heavy atom. The number of hydrogen-bond donors (Lipinski definition) is 1. The van der Waals surface area contributed by atoms with Crippen LogP contribution in [-0.2, 0) is 9.53 Å². The number of rotatable bonds is 8. The van der Waals surface area contributed by atoms with E-state index in [1.165, 1.54) is 0 Å². The molecule has 170 valence electrons. The first-order valence-corrected chi connectivity index (χ1v) is 11.2. The lowest BCUT2D eigenvalue weighted by Crippen LogP contribution is -2.43. The van der Waals surface area contributed by atoms with Crippen LogP contribution in [-0.4, -0.2) is 55.9 Å². The average molecular weight is 445 g/mol. The summed E-state index contributed by atoms with van der Waals surface area (Å²) in [5, 5.41) is 23.0. The van der Waals surface area contributed by atoms with Gasteiger partial charge in [-0.25, -0.2) is 0 Å². The summed E-state index contributed by atoms with van der Waals surface area (Å²) in [6, 6.07) is 23.4. The second-order valence-electron chi connectivity index (χ2n) is 8.34. The van der Waals surface area contributed by atoms with Crippen molar-refractivity contribution in [2.24, 2.45) is 5.41 Å². The minimum absolute atomic E-state index is 0.185. The quantitative estimate of drug-likeness (QED) is 0.558. The zero-order chi connectivity index (χ0) is 23.3. The number of carbonyl (C=O) groups is 1. The van der Waals surface area contributed by atoms with E-state index in [0.29, 0.717) is 31.1 Å². The van der Waals surface area contributed by atoms with Gasteiger partial charge in [-0.1, -0.05) is 60.7 Å². The number of benzene rings is 3. The molecule has 3 aromatic carbocycles. The Balaban J connectivity index is 1.91. The number of aliphatic carboxylic acids is 1. The molecule has 6 nitrogen and oxygen atoms in total. The number of fused-ring (bicyclic) bond motifs is 1. The third-order valence-corrected chi connectivity index (χ3v) is 6.58. The van der Waals surface area contributed by atoms with E-state index in [4.69, 9.17) is 9.47 Å². The Morgan fingerprint density at radius 3 is 2.48 bits per heavy atom. The number of para-hydroxylation sites is 1. The smallest absolute Gasteiger partial charge is 0.325 e. The van der Waals surface area contributed by atoms with Crippen molar-refractivity contribution >= 4 is 16.7 Å². The van der Waals surface area contributed by atoms with Crippen molar-refractivity contribution in [1.29, 1.82) is 5.26 Å². The van der Waals surface area contributed by atoms with E-state index in [1.807, 2.05) is 66.7 Å². The van der Waals surface area contributed by atoms with Crippen LogP contribution in [0.1, 0.15) is 23.5 Å². The maximum atomic E-state index is 12.9. The maximum absolute atomic E-state index is 12.9. The number of hydrogen-bond acceptors (Lipinski definition) is 5. The number of ether oxygens (including phenoxy) is 2. The summed E-state index contributed by atoms with van der Waals surface area (Å²) in [5.74, 6) is -1.27. The molecule has 1 aliphatic heterocycles. The van der Waals surface area contributed by atoms with Crippen molar-refractivity contribution in [3.05, 3.63) is 77.9 Å². The van der Waals surface area contributed by atoms with Gasteiger partial charge in [-0.3, -0.25) is 9.69 Å². The Morgan fingerprint density at radius 2 is 1.76 bits per heavy atom. The lowest BCUT2D eigenvalue weighted by Gasteiger charge is -2.36. The van der Waals surface area contributed by atoms with Gasteiger partial charge in [0.1, 0.15) is 5.75 Å². The molecular weight excluding hydrogens is 416 g/mol. The summed E-state index contributed by atoms with van der Waals surface area (Å²) in [6.07, 6.45) is 0.185. The van der Waals surface area contributed by atoms with Crippen molar-refractivity contribution in [1.82, 2.24) is 4.90 Å². The van der Waals surface area contributed by atoms with Crippen LogP contribution in [0.5, 0.6) is 5.75 Å². The standard InChI is InChI=1S/C27H28N2O4/c1-32-24-12-5-4-10-23(24)25(22-11-6-8-20-7-2-3-9-21(20)22)27(19-28,26(30)31)13-14-29-15-17-33-18-16-29/h2-12,25H,13-18H2,1H3,(H,30,31)/t25-,27+/m0/s1. The molecule has 0 bridgehead atoms. The van der Waals surface area contributed by atoms with Crippen molar-refractivity contribution < 1.29 is 19.4 Å². The summed E-state index contributed by atoms with van der Waals surface area (Å²) < 4.78 is 11.1. The third kappa shape index (κ3) is 4.43. The molecule has 0 amide bonds. The van der Waals surface area contributed by atoms with E-state index < -0.39 is 17.3 Å². The lowest BCUT2D eigenvalue weighted by molar-refractivity contribution is -0.147. The van der Waals surface area contributed by atoms with E-state index in [2.05, 4.69) is 11.0 Å². The monoisotopic (exact) mass is 444 g/mol. The Bertz CT molecular complexity index is 1160. The SMILES string of the molecule is COc1ccccc1[C@H](c1cccc2ccccc12)[C@](C#N)(CCN1CCOCC1)C(=O)O. The second-order valence-corrected chi connectivity index (χ2v) is 8.34. The van der Waals surface area contributed by atoms with Crippen LogP contribution in [0.3, 0.4) is 0 Å². The van der Waals surface area contributed by atoms with Gasteiger partial charge in [-0.05, 0) is 28.8 Å². The number of methoxy groups -OCH3 is 1. The number of nitriles is 1. The maximum Gasteiger partial charge on any atom is 0.325 e. The molecule has 3 aromatic rings. The molecule has 4 rings (SSSR count). The van der Waals surface area contributed by atoms with Gasteiger partial charge in [-0.15, -0.1) is 0 Å². The number of carboxylic acids is 1. The molecule has 0 radical (unpaired) electrons. The van der Waals surface area contributed by atoms with Gasteiger partial charge >= 0.3 is 5.97 Å². The van der Waals surface area contributed by atoms with E-state index in [1.54, 1.807) is 7.11 Å². The van der Waals surface area contributed by atoms with E-state index in [-0.39, 0.29) is 6.42 Å². The van der Waals surface area contributed by atoms with Crippen LogP contribution in [0.2, 0.25) is 0 Å². The van der Waals surface area contributed by atoms with Gasteiger partial charge in [0.05, 0.1) is 26.4 Å². The Labute approximate surface area is 194 Å². The highest BCUT2D eigenvalue weighted by atomic mass is 16.5. The summed E-state index contributed by atoms with van der Waals surface area (Å²) >= 11 is 0. The molecular formula is C27H28N2O4. The van der Waals surface area contributed by atoms with Crippen LogP contribution in [0.25, 0.3) is 10.8 Å². The van der Waals surface area contributed by atoms with Gasteiger partial charge in [0, 0.05) is 31.1 Å². The van der Waals surface area contributed by atoms with E-state index in [0.717, 1.165) is 29.4 Å². The minimum atomic E-state index is -1.68. The summed E-state index contributed by atoms with van der Waals surface area (Å²) in [7, 11) is 1.57.